The molecule has 2 atom stereocenters. The smallest absolute Gasteiger partial charge is 0.0809 e. The number of hydrogen-bond donors (Lipinski definition) is 1. The summed E-state index contributed by atoms with van der Waals surface area (Å²) < 4.78 is 1.27. The summed E-state index contributed by atoms with van der Waals surface area (Å²) in [6.07, 6.45) is 3.22. The van der Waals surface area contributed by atoms with E-state index in [2.05, 4.69) is 67.6 Å². The van der Waals surface area contributed by atoms with Gasteiger partial charge in [0.25, 0.3) is 0 Å². The van der Waals surface area contributed by atoms with E-state index in [-0.39, 0.29) is 0 Å². The van der Waals surface area contributed by atoms with Crippen molar-refractivity contribution >= 4 is 21.6 Å². The summed E-state index contributed by atoms with van der Waals surface area (Å²) in [4.78, 5) is 6.85. The lowest BCUT2D eigenvalue weighted by atomic mass is 10.0. The average molecular weight is 305 g/mol. The molecule has 116 valence electrons. The van der Waals surface area contributed by atoms with Gasteiger partial charge >= 0.3 is 0 Å². The fourth-order valence-corrected chi connectivity index (χ4v) is 3.34. The van der Waals surface area contributed by atoms with Crippen LogP contribution in [-0.4, -0.2) is 36.6 Å². The molecule has 0 radical (unpaired) electrons. The van der Waals surface area contributed by atoms with Gasteiger partial charge in [-0.15, -0.1) is 11.3 Å². The number of hydrogen-bond acceptors (Lipinski definition) is 4. The molecule has 2 unspecified atom stereocenters. The van der Waals surface area contributed by atoms with Crippen LogP contribution in [0.3, 0.4) is 0 Å². The van der Waals surface area contributed by atoms with Crippen LogP contribution in [0, 0.1) is 5.92 Å². The molecule has 1 N–H and O–H groups in total. The molecule has 2 aromatic rings. The zero-order chi connectivity index (χ0) is 15.4. The first-order chi connectivity index (χ1) is 9.97. The van der Waals surface area contributed by atoms with Crippen LogP contribution in [0.25, 0.3) is 10.2 Å². The molecule has 0 aliphatic heterocycles. The van der Waals surface area contributed by atoms with Crippen molar-refractivity contribution in [1.82, 2.24) is 15.2 Å². The molecule has 0 amide bonds. The Bertz CT molecular complexity index is 562. The predicted molar refractivity (Wildman–Crippen MR) is 93.0 cm³/mol. The first kappa shape index (κ1) is 16.4. The van der Waals surface area contributed by atoms with Crippen molar-refractivity contribution in [2.75, 3.05) is 20.6 Å². The van der Waals surface area contributed by atoms with E-state index in [1.807, 2.05) is 6.20 Å². The topological polar surface area (TPSA) is 28.2 Å². The van der Waals surface area contributed by atoms with Gasteiger partial charge in [0.15, 0.2) is 0 Å². The van der Waals surface area contributed by atoms with Crippen molar-refractivity contribution in [3.05, 3.63) is 29.3 Å². The number of thiophene rings is 1. The molecule has 2 heterocycles. The Hall–Kier alpha value is -0.970. The Morgan fingerprint density at radius 1 is 1.29 bits per heavy atom. The number of pyridine rings is 1. The second kappa shape index (κ2) is 7.34. The summed E-state index contributed by atoms with van der Waals surface area (Å²) >= 11 is 1.76. The molecule has 0 aliphatic rings. The molecule has 0 bridgehead atoms. The maximum Gasteiger partial charge on any atom is 0.0809 e. The Labute approximate surface area is 132 Å². The fourth-order valence-electron chi connectivity index (χ4n) is 2.55. The lowest BCUT2D eigenvalue weighted by Crippen LogP contribution is -2.39. The summed E-state index contributed by atoms with van der Waals surface area (Å²) in [5.41, 5.74) is 2.37. The van der Waals surface area contributed by atoms with Crippen LogP contribution >= 0.6 is 11.3 Å². The number of aromatic nitrogens is 1. The van der Waals surface area contributed by atoms with Crippen LogP contribution in [-0.2, 0) is 0 Å². The minimum Gasteiger partial charge on any atom is -0.309 e. The lowest BCUT2D eigenvalue weighted by molar-refractivity contribution is 0.242. The van der Waals surface area contributed by atoms with Gasteiger partial charge in [0, 0.05) is 24.8 Å². The van der Waals surface area contributed by atoms with Crippen molar-refractivity contribution in [3.8, 4) is 0 Å². The second-order valence-corrected chi connectivity index (χ2v) is 7.40. The summed E-state index contributed by atoms with van der Waals surface area (Å²) in [6.45, 7) is 7.80. The monoisotopic (exact) mass is 305 g/mol. The second-order valence-electron chi connectivity index (χ2n) is 6.45. The predicted octanol–water partition coefficient (Wildman–Crippen LogP) is 3.92. The van der Waals surface area contributed by atoms with Crippen LogP contribution in [0.1, 0.15) is 38.8 Å². The minimum atomic E-state index is 0.332. The highest BCUT2D eigenvalue weighted by atomic mass is 32.1. The van der Waals surface area contributed by atoms with Crippen molar-refractivity contribution < 1.29 is 0 Å². The first-order valence-corrected chi connectivity index (χ1v) is 8.58. The van der Waals surface area contributed by atoms with E-state index in [0.29, 0.717) is 12.1 Å². The highest BCUT2D eigenvalue weighted by Gasteiger charge is 2.15. The van der Waals surface area contributed by atoms with Gasteiger partial charge < -0.3 is 10.2 Å². The lowest BCUT2D eigenvalue weighted by Gasteiger charge is -2.28. The number of likely N-dealkylation sites (N-methyl/N-ethyl adjacent to an activating group) is 1. The van der Waals surface area contributed by atoms with E-state index < -0.39 is 0 Å². The molecule has 2 rings (SSSR count). The Kier molecular flexibility index (Phi) is 5.73. The van der Waals surface area contributed by atoms with Gasteiger partial charge in [-0.05, 0) is 56.4 Å². The Morgan fingerprint density at radius 2 is 2.05 bits per heavy atom. The van der Waals surface area contributed by atoms with Gasteiger partial charge in [0.1, 0.15) is 0 Å². The van der Waals surface area contributed by atoms with Crippen LogP contribution in [0.5, 0.6) is 0 Å². The maximum atomic E-state index is 4.53. The number of nitrogens with one attached hydrogen (secondary N) is 1. The molecule has 2 aromatic heterocycles. The molecule has 4 heteroatoms. The third kappa shape index (κ3) is 4.50. The van der Waals surface area contributed by atoms with Crippen LogP contribution in [0.4, 0.5) is 0 Å². The van der Waals surface area contributed by atoms with Crippen molar-refractivity contribution in [2.45, 2.75) is 39.3 Å². The number of fused-ring (bicyclic) bond motifs is 1. The van der Waals surface area contributed by atoms with Gasteiger partial charge in [-0.2, -0.15) is 0 Å². The van der Waals surface area contributed by atoms with Crippen molar-refractivity contribution in [1.29, 1.82) is 0 Å². The van der Waals surface area contributed by atoms with E-state index in [1.165, 1.54) is 16.7 Å². The van der Waals surface area contributed by atoms with E-state index in [1.54, 1.807) is 11.3 Å². The summed E-state index contributed by atoms with van der Waals surface area (Å²) in [7, 11) is 4.33. The van der Waals surface area contributed by atoms with Gasteiger partial charge in [-0.3, -0.25) is 4.98 Å². The molecule has 21 heavy (non-hydrogen) atoms. The zero-order valence-corrected chi connectivity index (χ0v) is 14.6. The summed E-state index contributed by atoms with van der Waals surface area (Å²) in [5, 5.41) is 5.77. The van der Waals surface area contributed by atoms with E-state index in [4.69, 9.17) is 0 Å². The zero-order valence-electron chi connectivity index (χ0n) is 13.8. The van der Waals surface area contributed by atoms with Crippen LogP contribution < -0.4 is 5.32 Å². The van der Waals surface area contributed by atoms with Crippen LogP contribution in [0.2, 0.25) is 0 Å². The quantitative estimate of drug-likeness (QED) is 0.840. The Morgan fingerprint density at radius 3 is 2.71 bits per heavy atom. The molecule has 3 nitrogen and oxygen atoms in total. The molecule has 0 aromatic carbocycles. The van der Waals surface area contributed by atoms with E-state index >= 15 is 0 Å². The van der Waals surface area contributed by atoms with Gasteiger partial charge in [0.05, 0.1) is 10.2 Å². The summed E-state index contributed by atoms with van der Waals surface area (Å²) in [6, 6.07) is 5.24. The van der Waals surface area contributed by atoms with Crippen LogP contribution in [0.15, 0.2) is 23.7 Å². The highest BCUT2D eigenvalue weighted by Crippen LogP contribution is 2.22. The molecule has 0 aliphatic carbocycles. The molecule has 0 fully saturated rings. The molecular weight excluding hydrogens is 278 g/mol. The van der Waals surface area contributed by atoms with Gasteiger partial charge in [-0.1, -0.05) is 13.8 Å². The molecule has 0 spiro atoms. The maximum absolute atomic E-state index is 4.53. The van der Waals surface area contributed by atoms with E-state index in [0.717, 1.165) is 18.0 Å². The molecular formula is C17H27N3S. The molecule has 0 saturated heterocycles. The fraction of sp³-hybridized carbons (Fsp3) is 0.588. The molecule has 0 saturated carbocycles. The Balaban J connectivity index is 1.97. The normalized spacial score (nSPS) is 15.0. The average Bonchev–Trinajstić information content (AvgIpc) is 2.89. The minimum absolute atomic E-state index is 0.332. The van der Waals surface area contributed by atoms with Crippen molar-refractivity contribution in [2.24, 2.45) is 5.92 Å². The van der Waals surface area contributed by atoms with Crippen molar-refractivity contribution in [3.63, 3.8) is 0 Å². The van der Waals surface area contributed by atoms with E-state index in [9.17, 15) is 0 Å². The standard InChI is InChI=1S/C17H27N3S/c1-12(2)8-15(20(4)5)11-18-13(3)14-9-17-16(19-10-14)6-7-21-17/h6-7,9-10,12-13,15,18H,8,11H2,1-5H3. The third-order valence-corrected chi connectivity index (χ3v) is 4.81. The number of rotatable bonds is 7. The summed E-state index contributed by atoms with van der Waals surface area (Å²) in [5.74, 6) is 0.721. The first-order valence-electron chi connectivity index (χ1n) is 7.70. The van der Waals surface area contributed by atoms with Gasteiger partial charge in [-0.25, -0.2) is 0 Å². The third-order valence-electron chi connectivity index (χ3n) is 3.96. The highest BCUT2D eigenvalue weighted by molar-refractivity contribution is 7.17. The van der Waals surface area contributed by atoms with Gasteiger partial charge in [0.2, 0.25) is 0 Å². The number of nitrogens with zero attached hydrogens (tertiary/aromatic N) is 2. The largest absolute Gasteiger partial charge is 0.309 e. The SMILES string of the molecule is CC(C)CC(CNC(C)c1cnc2ccsc2c1)N(C)C.